The lowest BCUT2D eigenvalue weighted by atomic mass is 10.3. The number of aliphatic hydroxyl groups is 1. The number of pyridine rings is 1. The van der Waals surface area contributed by atoms with Gasteiger partial charge in [-0.25, -0.2) is 0 Å². The summed E-state index contributed by atoms with van der Waals surface area (Å²) in [5.41, 5.74) is 0.830. The molecule has 1 N–H and O–H groups in total. The summed E-state index contributed by atoms with van der Waals surface area (Å²) in [4.78, 5) is 11.0. The minimum absolute atomic E-state index is 0.0315. The monoisotopic (exact) mass is 153 g/mol. The largest absolute Gasteiger partial charge is 0.396 e. The molecule has 0 aliphatic carbocycles. The lowest BCUT2D eigenvalue weighted by Gasteiger charge is -2.03. The van der Waals surface area contributed by atoms with E-state index in [1.165, 1.54) is 10.6 Å². The molecule has 3 heteroatoms. The first-order valence-corrected chi connectivity index (χ1v) is 3.51. The summed E-state index contributed by atoms with van der Waals surface area (Å²) >= 11 is 0. The van der Waals surface area contributed by atoms with Crippen molar-refractivity contribution in [2.75, 3.05) is 6.61 Å². The van der Waals surface area contributed by atoms with Crippen LogP contribution in [-0.4, -0.2) is 16.3 Å². The maximum absolute atomic E-state index is 11.0. The average molecular weight is 153 g/mol. The summed E-state index contributed by atoms with van der Waals surface area (Å²) in [7, 11) is 1.70. The van der Waals surface area contributed by atoms with Gasteiger partial charge in [-0.1, -0.05) is 6.07 Å². The van der Waals surface area contributed by atoms with Crippen LogP contribution in [0.25, 0.3) is 0 Å². The maximum Gasteiger partial charge on any atom is 0.250 e. The highest BCUT2D eigenvalue weighted by Crippen LogP contribution is 1.93. The molecule has 1 aromatic rings. The Hall–Kier alpha value is -1.09. The molecule has 1 heterocycles. The average Bonchev–Trinajstić information content (AvgIpc) is 1.99. The van der Waals surface area contributed by atoms with Crippen molar-refractivity contribution in [1.82, 2.24) is 4.57 Å². The van der Waals surface area contributed by atoms with E-state index in [-0.39, 0.29) is 12.2 Å². The molecule has 0 bridgehead atoms. The molecule has 1 rings (SSSR count). The molecule has 0 saturated heterocycles. The first kappa shape index (κ1) is 8.01. The molecule has 0 aliphatic rings. The standard InChI is InChI=1S/C8H11NO2/c1-9-7(5-6-10)3-2-4-8(9)11/h2-4,10H,5-6H2,1H3. The Bertz CT molecular complexity index is 290. The second-order valence-electron chi connectivity index (χ2n) is 2.39. The molecule has 11 heavy (non-hydrogen) atoms. The molecule has 0 aromatic carbocycles. The van der Waals surface area contributed by atoms with Gasteiger partial charge in [-0.15, -0.1) is 0 Å². The molecule has 0 fully saturated rings. The Kier molecular flexibility index (Phi) is 2.44. The molecule has 60 valence electrons. The smallest absolute Gasteiger partial charge is 0.250 e. The van der Waals surface area contributed by atoms with E-state index >= 15 is 0 Å². The highest BCUT2D eigenvalue weighted by Gasteiger charge is 1.96. The van der Waals surface area contributed by atoms with E-state index in [1.54, 1.807) is 13.1 Å². The normalized spacial score (nSPS) is 10.0. The summed E-state index contributed by atoms with van der Waals surface area (Å²) in [6.07, 6.45) is 0.534. The van der Waals surface area contributed by atoms with E-state index in [9.17, 15) is 4.79 Å². The minimum atomic E-state index is -0.0315. The summed E-state index contributed by atoms with van der Waals surface area (Å²) in [6, 6.07) is 5.03. The number of nitrogens with zero attached hydrogens (tertiary/aromatic N) is 1. The molecule has 0 spiro atoms. The molecule has 0 unspecified atom stereocenters. The van der Waals surface area contributed by atoms with E-state index in [0.717, 1.165) is 5.69 Å². The highest BCUT2D eigenvalue weighted by molar-refractivity contribution is 5.06. The number of rotatable bonds is 2. The SMILES string of the molecule is Cn1c(CCO)cccc1=O. The van der Waals surface area contributed by atoms with Crippen molar-refractivity contribution in [3.8, 4) is 0 Å². The van der Waals surface area contributed by atoms with Crippen LogP contribution in [0.4, 0.5) is 0 Å². The number of hydrogen-bond acceptors (Lipinski definition) is 2. The lowest BCUT2D eigenvalue weighted by Crippen LogP contribution is -2.19. The van der Waals surface area contributed by atoms with Crippen molar-refractivity contribution >= 4 is 0 Å². The highest BCUT2D eigenvalue weighted by atomic mass is 16.3. The van der Waals surface area contributed by atoms with E-state index in [4.69, 9.17) is 5.11 Å². The molecule has 1 aromatic heterocycles. The molecule has 0 atom stereocenters. The van der Waals surface area contributed by atoms with Crippen LogP contribution in [0.5, 0.6) is 0 Å². The third kappa shape index (κ3) is 1.68. The van der Waals surface area contributed by atoms with Gasteiger partial charge in [-0.3, -0.25) is 4.79 Å². The Balaban J connectivity index is 3.06. The van der Waals surface area contributed by atoms with Crippen molar-refractivity contribution < 1.29 is 5.11 Å². The molecular formula is C8H11NO2. The van der Waals surface area contributed by atoms with Gasteiger partial charge in [0.25, 0.3) is 0 Å². The quantitative estimate of drug-likeness (QED) is 0.645. The van der Waals surface area contributed by atoms with Crippen LogP contribution in [0.3, 0.4) is 0 Å². The van der Waals surface area contributed by atoms with Crippen LogP contribution in [0.2, 0.25) is 0 Å². The molecule has 0 amide bonds. The summed E-state index contributed by atoms with van der Waals surface area (Å²) < 4.78 is 1.54. The van der Waals surface area contributed by atoms with Crippen LogP contribution in [0.1, 0.15) is 5.69 Å². The summed E-state index contributed by atoms with van der Waals surface area (Å²) in [6.45, 7) is 0.0806. The Morgan fingerprint density at radius 1 is 1.55 bits per heavy atom. The molecule has 0 saturated carbocycles. The van der Waals surface area contributed by atoms with Crippen molar-refractivity contribution in [2.24, 2.45) is 7.05 Å². The zero-order chi connectivity index (χ0) is 8.27. The van der Waals surface area contributed by atoms with E-state index in [0.29, 0.717) is 6.42 Å². The fourth-order valence-corrected chi connectivity index (χ4v) is 0.972. The van der Waals surface area contributed by atoms with Crippen molar-refractivity contribution in [2.45, 2.75) is 6.42 Å². The second kappa shape index (κ2) is 3.34. The Morgan fingerprint density at radius 2 is 2.27 bits per heavy atom. The third-order valence-corrected chi connectivity index (χ3v) is 1.66. The topological polar surface area (TPSA) is 42.2 Å². The zero-order valence-corrected chi connectivity index (χ0v) is 6.45. The van der Waals surface area contributed by atoms with E-state index in [1.807, 2.05) is 6.07 Å². The van der Waals surface area contributed by atoms with Gasteiger partial charge in [0.15, 0.2) is 0 Å². The summed E-state index contributed by atoms with van der Waals surface area (Å²) in [5, 5.41) is 8.62. The lowest BCUT2D eigenvalue weighted by molar-refractivity contribution is 0.296. The number of aliphatic hydroxyl groups excluding tert-OH is 1. The second-order valence-corrected chi connectivity index (χ2v) is 2.39. The van der Waals surface area contributed by atoms with Crippen molar-refractivity contribution in [3.63, 3.8) is 0 Å². The van der Waals surface area contributed by atoms with Crippen LogP contribution >= 0.6 is 0 Å². The number of hydrogen-bond donors (Lipinski definition) is 1. The van der Waals surface area contributed by atoms with Gasteiger partial charge in [0.2, 0.25) is 5.56 Å². The van der Waals surface area contributed by atoms with Gasteiger partial charge in [-0.05, 0) is 6.07 Å². The molecular weight excluding hydrogens is 142 g/mol. The minimum Gasteiger partial charge on any atom is -0.396 e. The molecule has 0 aliphatic heterocycles. The van der Waals surface area contributed by atoms with Gasteiger partial charge in [0.05, 0.1) is 0 Å². The predicted octanol–water partition coefficient (Wildman–Crippen LogP) is -0.0799. The van der Waals surface area contributed by atoms with Gasteiger partial charge < -0.3 is 9.67 Å². The Morgan fingerprint density at radius 3 is 2.91 bits per heavy atom. The maximum atomic E-state index is 11.0. The first-order valence-electron chi connectivity index (χ1n) is 3.51. The molecule has 3 nitrogen and oxygen atoms in total. The van der Waals surface area contributed by atoms with Crippen molar-refractivity contribution in [1.29, 1.82) is 0 Å². The molecule has 0 radical (unpaired) electrons. The predicted molar refractivity (Wildman–Crippen MR) is 42.5 cm³/mol. The summed E-state index contributed by atoms with van der Waals surface area (Å²) in [5.74, 6) is 0. The van der Waals surface area contributed by atoms with Crippen LogP contribution < -0.4 is 5.56 Å². The fourth-order valence-electron chi connectivity index (χ4n) is 0.972. The van der Waals surface area contributed by atoms with Gasteiger partial charge in [0.1, 0.15) is 0 Å². The third-order valence-electron chi connectivity index (χ3n) is 1.66. The first-order chi connectivity index (χ1) is 5.25. The van der Waals surface area contributed by atoms with Gasteiger partial charge in [0, 0.05) is 31.8 Å². The van der Waals surface area contributed by atoms with Crippen LogP contribution in [0.15, 0.2) is 23.0 Å². The van der Waals surface area contributed by atoms with Crippen LogP contribution in [-0.2, 0) is 13.5 Å². The van der Waals surface area contributed by atoms with E-state index in [2.05, 4.69) is 0 Å². The van der Waals surface area contributed by atoms with Crippen molar-refractivity contribution in [3.05, 3.63) is 34.2 Å². The van der Waals surface area contributed by atoms with Crippen LogP contribution in [0, 0.1) is 0 Å². The van der Waals surface area contributed by atoms with Gasteiger partial charge >= 0.3 is 0 Å². The Labute approximate surface area is 64.9 Å². The number of aromatic nitrogens is 1. The fraction of sp³-hybridized carbons (Fsp3) is 0.375. The zero-order valence-electron chi connectivity index (χ0n) is 6.45. The van der Waals surface area contributed by atoms with E-state index < -0.39 is 0 Å². The van der Waals surface area contributed by atoms with Gasteiger partial charge in [-0.2, -0.15) is 0 Å².